The number of hydrogen-bond donors (Lipinski definition) is 1. The second-order valence-electron chi connectivity index (χ2n) is 4.01. The van der Waals surface area contributed by atoms with Crippen LogP contribution in [-0.4, -0.2) is 35.2 Å². The van der Waals surface area contributed by atoms with Gasteiger partial charge in [0.25, 0.3) is 0 Å². The van der Waals surface area contributed by atoms with Gasteiger partial charge in [0.2, 0.25) is 0 Å². The first kappa shape index (κ1) is 10.0. The Morgan fingerprint density at radius 3 is 2.75 bits per heavy atom. The van der Waals surface area contributed by atoms with Crippen molar-refractivity contribution in [2.75, 3.05) is 13.2 Å². The fourth-order valence-corrected chi connectivity index (χ4v) is 2.10. The van der Waals surface area contributed by atoms with Crippen molar-refractivity contribution in [1.29, 1.82) is 0 Å². The Labute approximate surface area is 75.6 Å². The fraction of sp³-hybridized carbons (Fsp3) is 1.00. The van der Waals surface area contributed by atoms with Gasteiger partial charge in [0.1, 0.15) is 0 Å². The number of aliphatic hydroxyl groups is 1. The van der Waals surface area contributed by atoms with E-state index in [1.54, 1.807) is 0 Å². The van der Waals surface area contributed by atoms with Crippen LogP contribution in [0.2, 0.25) is 0 Å². The van der Waals surface area contributed by atoms with Crippen LogP contribution in [0.4, 0.5) is 0 Å². The number of rotatable bonds is 3. The van der Waals surface area contributed by atoms with Crippen LogP contribution in [0, 0.1) is 5.92 Å². The topological polar surface area (TPSA) is 23.5 Å². The van der Waals surface area contributed by atoms with Crippen LogP contribution in [0.5, 0.6) is 0 Å². The summed E-state index contributed by atoms with van der Waals surface area (Å²) in [4.78, 5) is 2.45. The van der Waals surface area contributed by atoms with Gasteiger partial charge in [0.15, 0.2) is 0 Å². The molecule has 2 heteroatoms. The minimum Gasteiger partial charge on any atom is -0.395 e. The molecule has 1 fully saturated rings. The molecule has 0 radical (unpaired) electrons. The Morgan fingerprint density at radius 2 is 2.25 bits per heavy atom. The van der Waals surface area contributed by atoms with Crippen LogP contribution in [0.15, 0.2) is 0 Å². The minimum atomic E-state index is 0.325. The molecule has 1 N–H and O–H groups in total. The third-order valence-corrected chi connectivity index (χ3v) is 3.27. The molecule has 3 atom stereocenters. The summed E-state index contributed by atoms with van der Waals surface area (Å²) >= 11 is 0. The van der Waals surface area contributed by atoms with Crippen LogP contribution < -0.4 is 0 Å². The maximum atomic E-state index is 9.21. The van der Waals surface area contributed by atoms with Crippen molar-refractivity contribution in [1.82, 2.24) is 4.90 Å². The van der Waals surface area contributed by atoms with Crippen molar-refractivity contribution >= 4 is 0 Å². The zero-order valence-electron chi connectivity index (χ0n) is 8.45. The third kappa shape index (κ3) is 1.80. The highest BCUT2D eigenvalue weighted by molar-refractivity contribution is 4.86. The van der Waals surface area contributed by atoms with E-state index in [4.69, 9.17) is 0 Å². The normalized spacial score (nSPS) is 34.0. The lowest BCUT2D eigenvalue weighted by atomic mass is 10.0. The predicted molar refractivity (Wildman–Crippen MR) is 51.1 cm³/mol. The molecule has 1 saturated heterocycles. The maximum Gasteiger partial charge on any atom is 0.0589 e. The zero-order valence-corrected chi connectivity index (χ0v) is 8.45. The summed E-state index contributed by atoms with van der Waals surface area (Å²) in [5.41, 5.74) is 0. The van der Waals surface area contributed by atoms with Crippen molar-refractivity contribution in [3.63, 3.8) is 0 Å². The second kappa shape index (κ2) is 4.24. The van der Waals surface area contributed by atoms with Gasteiger partial charge in [0.05, 0.1) is 6.61 Å². The number of likely N-dealkylation sites (tertiary alicyclic amines) is 1. The van der Waals surface area contributed by atoms with E-state index in [-0.39, 0.29) is 0 Å². The Hall–Kier alpha value is -0.0800. The van der Waals surface area contributed by atoms with Crippen LogP contribution >= 0.6 is 0 Å². The van der Waals surface area contributed by atoms with Crippen LogP contribution in [0.3, 0.4) is 0 Å². The van der Waals surface area contributed by atoms with Crippen molar-refractivity contribution in [3.8, 4) is 0 Å². The summed E-state index contributed by atoms with van der Waals surface area (Å²) in [6.07, 6.45) is 2.43. The van der Waals surface area contributed by atoms with E-state index in [2.05, 4.69) is 25.7 Å². The van der Waals surface area contributed by atoms with E-state index >= 15 is 0 Å². The number of hydrogen-bond acceptors (Lipinski definition) is 2. The number of aliphatic hydroxyl groups excluding tert-OH is 1. The van der Waals surface area contributed by atoms with E-state index in [0.717, 1.165) is 0 Å². The lowest BCUT2D eigenvalue weighted by Crippen LogP contribution is -2.40. The van der Waals surface area contributed by atoms with Gasteiger partial charge in [-0.1, -0.05) is 13.8 Å². The van der Waals surface area contributed by atoms with Crippen LogP contribution in [-0.2, 0) is 0 Å². The Balaban J connectivity index is 2.53. The van der Waals surface area contributed by atoms with Crippen LogP contribution in [0.25, 0.3) is 0 Å². The van der Waals surface area contributed by atoms with E-state index in [9.17, 15) is 5.11 Å². The molecule has 3 unspecified atom stereocenters. The molecule has 0 bridgehead atoms. The lowest BCUT2D eigenvalue weighted by molar-refractivity contribution is 0.107. The smallest absolute Gasteiger partial charge is 0.0589 e. The predicted octanol–water partition coefficient (Wildman–Crippen LogP) is 1.49. The highest BCUT2D eigenvalue weighted by Gasteiger charge is 2.32. The maximum absolute atomic E-state index is 9.21. The molecular formula is C10H21NO. The molecule has 0 amide bonds. The highest BCUT2D eigenvalue weighted by Crippen LogP contribution is 2.26. The van der Waals surface area contributed by atoms with E-state index in [1.165, 1.54) is 19.4 Å². The molecule has 2 nitrogen and oxygen atoms in total. The van der Waals surface area contributed by atoms with E-state index < -0.39 is 0 Å². The molecule has 0 aromatic heterocycles. The molecule has 0 spiro atoms. The van der Waals surface area contributed by atoms with Gasteiger partial charge >= 0.3 is 0 Å². The average Bonchev–Trinajstić information content (AvgIpc) is 2.45. The molecular weight excluding hydrogens is 150 g/mol. The first-order valence-electron chi connectivity index (χ1n) is 5.07. The molecule has 1 aliphatic rings. The van der Waals surface area contributed by atoms with Gasteiger partial charge in [-0.25, -0.2) is 0 Å². The van der Waals surface area contributed by atoms with Gasteiger partial charge in [-0.05, 0) is 32.2 Å². The first-order valence-corrected chi connectivity index (χ1v) is 5.07. The zero-order chi connectivity index (χ0) is 9.14. The van der Waals surface area contributed by atoms with Crippen LogP contribution in [0.1, 0.15) is 33.6 Å². The summed E-state index contributed by atoms with van der Waals surface area (Å²) in [6.45, 7) is 8.19. The molecule has 1 aliphatic heterocycles. The van der Waals surface area contributed by atoms with Gasteiger partial charge in [-0.15, -0.1) is 0 Å². The van der Waals surface area contributed by atoms with Gasteiger partial charge < -0.3 is 5.11 Å². The average molecular weight is 171 g/mol. The standard InChI is InChI=1S/C10H21NO/c1-4-9(3)11-6-5-8(2)10(11)7-12/h8-10,12H,4-7H2,1-3H3. The summed E-state index contributed by atoms with van der Waals surface area (Å²) in [5, 5.41) is 9.21. The second-order valence-corrected chi connectivity index (χ2v) is 4.01. The third-order valence-electron chi connectivity index (χ3n) is 3.27. The summed E-state index contributed by atoms with van der Waals surface area (Å²) in [7, 11) is 0. The molecule has 12 heavy (non-hydrogen) atoms. The van der Waals surface area contributed by atoms with Gasteiger partial charge in [-0.2, -0.15) is 0 Å². The molecule has 0 saturated carbocycles. The van der Waals surface area contributed by atoms with Crippen molar-refractivity contribution in [2.24, 2.45) is 5.92 Å². The largest absolute Gasteiger partial charge is 0.395 e. The van der Waals surface area contributed by atoms with Crippen molar-refractivity contribution < 1.29 is 5.11 Å². The SMILES string of the molecule is CCC(C)N1CCC(C)C1CO. The summed E-state index contributed by atoms with van der Waals surface area (Å²) in [5.74, 6) is 0.670. The van der Waals surface area contributed by atoms with E-state index in [0.29, 0.717) is 24.6 Å². The van der Waals surface area contributed by atoms with Gasteiger partial charge in [-0.3, -0.25) is 4.90 Å². The van der Waals surface area contributed by atoms with Gasteiger partial charge in [0, 0.05) is 12.1 Å². The Kier molecular flexibility index (Phi) is 3.53. The molecule has 0 aromatic carbocycles. The summed E-state index contributed by atoms with van der Waals surface area (Å²) < 4.78 is 0. The first-order chi connectivity index (χ1) is 5.70. The lowest BCUT2D eigenvalue weighted by Gasteiger charge is -2.30. The minimum absolute atomic E-state index is 0.325. The molecule has 72 valence electrons. The summed E-state index contributed by atoms with van der Waals surface area (Å²) in [6, 6.07) is 1.05. The number of nitrogens with zero attached hydrogens (tertiary/aromatic N) is 1. The molecule has 0 aromatic rings. The van der Waals surface area contributed by atoms with E-state index in [1.807, 2.05) is 0 Å². The Bertz CT molecular complexity index is 138. The van der Waals surface area contributed by atoms with Crippen molar-refractivity contribution in [3.05, 3.63) is 0 Å². The molecule has 1 rings (SSSR count). The van der Waals surface area contributed by atoms with Crippen molar-refractivity contribution in [2.45, 2.75) is 45.7 Å². The highest BCUT2D eigenvalue weighted by atomic mass is 16.3. The molecule has 1 heterocycles. The monoisotopic (exact) mass is 171 g/mol. The Morgan fingerprint density at radius 1 is 1.58 bits per heavy atom. The quantitative estimate of drug-likeness (QED) is 0.695. The fourth-order valence-electron chi connectivity index (χ4n) is 2.10. The molecule has 0 aliphatic carbocycles.